The van der Waals surface area contributed by atoms with Gasteiger partial charge in [0, 0.05) is 0 Å². The molecule has 24 heavy (non-hydrogen) atoms. The maximum atomic E-state index is 12.0. The van der Waals surface area contributed by atoms with Gasteiger partial charge in [0.15, 0.2) is 0 Å². The molecule has 0 aromatic heterocycles. The minimum absolute atomic E-state index is 0.151. The van der Waals surface area contributed by atoms with Crippen LogP contribution in [0.4, 0.5) is 0 Å². The van der Waals surface area contributed by atoms with Crippen molar-refractivity contribution in [3.05, 3.63) is 54.1 Å². The average Bonchev–Trinajstić information content (AvgIpc) is 2.50. The van der Waals surface area contributed by atoms with Crippen LogP contribution in [0.5, 0.6) is 0 Å². The molecule has 134 valence electrons. The van der Waals surface area contributed by atoms with Crippen LogP contribution in [-0.4, -0.2) is 26.2 Å². The zero-order valence-corrected chi connectivity index (χ0v) is 15.6. The lowest BCUT2D eigenvalue weighted by Gasteiger charge is -2.14. The molecule has 1 aromatic rings. The van der Waals surface area contributed by atoms with Crippen LogP contribution in [0.3, 0.4) is 0 Å². The van der Waals surface area contributed by atoms with Crippen LogP contribution >= 0.6 is 0 Å². The summed E-state index contributed by atoms with van der Waals surface area (Å²) in [6.45, 7) is 9.71. The van der Waals surface area contributed by atoms with Gasteiger partial charge in [-0.25, -0.2) is 0 Å². The van der Waals surface area contributed by atoms with Crippen LogP contribution in [0.15, 0.2) is 53.5 Å². The summed E-state index contributed by atoms with van der Waals surface area (Å²) in [5, 5.41) is 9.87. The van der Waals surface area contributed by atoms with E-state index in [0.717, 1.165) is 17.6 Å². The zero-order chi connectivity index (χ0) is 18.2. The molecule has 0 fully saturated rings. The highest BCUT2D eigenvalue weighted by molar-refractivity contribution is 7.86. The predicted octanol–water partition coefficient (Wildman–Crippen LogP) is 4.00. The number of aliphatic hydroxyl groups is 1. The Balaban J connectivity index is 2.34. The molecule has 0 saturated carbocycles. The summed E-state index contributed by atoms with van der Waals surface area (Å²) in [4.78, 5) is 0.182. The summed E-state index contributed by atoms with van der Waals surface area (Å²) in [6, 6.07) is 6.60. The SMILES string of the molecule is C=C(C)/C=C/C(O)CC(C)CCCOS(=O)(=O)c1ccc(C)cc1. The fourth-order valence-electron chi connectivity index (χ4n) is 2.26. The van der Waals surface area contributed by atoms with Gasteiger partial charge in [-0.3, -0.25) is 4.18 Å². The second-order valence-corrected chi connectivity index (χ2v) is 7.96. The third-order valence-electron chi connectivity index (χ3n) is 3.64. The first kappa shape index (κ1) is 20.6. The van der Waals surface area contributed by atoms with E-state index in [1.165, 1.54) is 0 Å². The van der Waals surface area contributed by atoms with Crippen molar-refractivity contribution in [1.82, 2.24) is 0 Å². The molecule has 1 aromatic carbocycles. The summed E-state index contributed by atoms with van der Waals surface area (Å²) in [6.07, 6.45) is 5.08. The van der Waals surface area contributed by atoms with Crippen LogP contribution in [0, 0.1) is 12.8 Å². The number of allylic oxidation sites excluding steroid dienone is 2. The van der Waals surface area contributed by atoms with E-state index in [2.05, 4.69) is 6.58 Å². The van der Waals surface area contributed by atoms with E-state index in [-0.39, 0.29) is 17.4 Å². The summed E-state index contributed by atoms with van der Waals surface area (Å²) in [5.74, 6) is 0.278. The van der Waals surface area contributed by atoms with Crippen molar-refractivity contribution in [3.8, 4) is 0 Å². The molecule has 5 heteroatoms. The van der Waals surface area contributed by atoms with Crippen molar-refractivity contribution < 1.29 is 17.7 Å². The molecule has 0 amide bonds. The van der Waals surface area contributed by atoms with E-state index in [0.29, 0.717) is 12.8 Å². The molecule has 2 atom stereocenters. The van der Waals surface area contributed by atoms with Crippen LogP contribution in [0.25, 0.3) is 0 Å². The minimum atomic E-state index is -3.69. The molecule has 1 N–H and O–H groups in total. The molecule has 0 aliphatic rings. The zero-order valence-electron chi connectivity index (χ0n) is 14.7. The summed E-state index contributed by atoms with van der Waals surface area (Å²) in [7, 11) is -3.69. The minimum Gasteiger partial charge on any atom is -0.389 e. The average molecular weight is 352 g/mol. The molecule has 0 heterocycles. The van der Waals surface area contributed by atoms with Gasteiger partial charge in [0.25, 0.3) is 10.1 Å². The van der Waals surface area contributed by atoms with Crippen molar-refractivity contribution in [3.63, 3.8) is 0 Å². The topological polar surface area (TPSA) is 63.6 Å². The number of hydrogen-bond acceptors (Lipinski definition) is 4. The van der Waals surface area contributed by atoms with Crippen LogP contribution in [-0.2, 0) is 14.3 Å². The lowest BCUT2D eigenvalue weighted by atomic mass is 9.98. The number of aryl methyl sites for hydroxylation is 1. The molecule has 4 nitrogen and oxygen atoms in total. The quantitative estimate of drug-likeness (QED) is 0.393. The van der Waals surface area contributed by atoms with Gasteiger partial charge >= 0.3 is 0 Å². The highest BCUT2D eigenvalue weighted by atomic mass is 32.2. The fraction of sp³-hybridized carbons (Fsp3) is 0.474. The second-order valence-electron chi connectivity index (χ2n) is 6.35. The van der Waals surface area contributed by atoms with Crippen LogP contribution in [0.2, 0.25) is 0 Å². The molecule has 0 aliphatic heterocycles. The molecule has 0 spiro atoms. The largest absolute Gasteiger partial charge is 0.389 e. The highest BCUT2D eigenvalue weighted by Gasteiger charge is 2.15. The van der Waals surface area contributed by atoms with E-state index >= 15 is 0 Å². The predicted molar refractivity (Wildman–Crippen MR) is 97.3 cm³/mol. The van der Waals surface area contributed by atoms with Crippen LogP contribution < -0.4 is 0 Å². The van der Waals surface area contributed by atoms with Gasteiger partial charge in [0.1, 0.15) is 0 Å². The summed E-state index contributed by atoms with van der Waals surface area (Å²) < 4.78 is 29.1. The van der Waals surface area contributed by atoms with Gasteiger partial charge in [0.2, 0.25) is 0 Å². The van der Waals surface area contributed by atoms with Gasteiger partial charge in [-0.05, 0) is 51.2 Å². The van der Waals surface area contributed by atoms with Gasteiger partial charge in [-0.2, -0.15) is 8.42 Å². The summed E-state index contributed by atoms with van der Waals surface area (Å²) >= 11 is 0. The van der Waals surface area contributed by atoms with Gasteiger partial charge in [-0.15, -0.1) is 0 Å². The number of benzene rings is 1. The van der Waals surface area contributed by atoms with E-state index in [1.807, 2.05) is 20.8 Å². The molecule has 0 saturated heterocycles. The lowest BCUT2D eigenvalue weighted by molar-refractivity contribution is 0.184. The first-order valence-electron chi connectivity index (χ1n) is 8.18. The third-order valence-corrected chi connectivity index (χ3v) is 4.96. The monoisotopic (exact) mass is 352 g/mol. The lowest BCUT2D eigenvalue weighted by Crippen LogP contribution is -2.11. The molecular weight excluding hydrogens is 324 g/mol. The number of rotatable bonds is 10. The Bertz CT molecular complexity index is 644. The molecule has 1 rings (SSSR count). The maximum Gasteiger partial charge on any atom is 0.296 e. The van der Waals surface area contributed by atoms with Crippen molar-refractivity contribution in [2.24, 2.45) is 5.92 Å². The molecule has 2 unspecified atom stereocenters. The van der Waals surface area contributed by atoms with Gasteiger partial charge in [-0.1, -0.05) is 48.9 Å². The Morgan fingerprint density at radius 3 is 2.54 bits per heavy atom. The smallest absolute Gasteiger partial charge is 0.296 e. The highest BCUT2D eigenvalue weighted by Crippen LogP contribution is 2.17. The Labute approximate surface area is 146 Å². The van der Waals surface area contributed by atoms with Crippen molar-refractivity contribution >= 4 is 10.1 Å². The van der Waals surface area contributed by atoms with Gasteiger partial charge in [0.05, 0.1) is 17.6 Å². The normalized spacial score (nSPS) is 14.7. The maximum absolute atomic E-state index is 12.0. The molecule has 0 aliphatic carbocycles. The van der Waals surface area contributed by atoms with Crippen molar-refractivity contribution in [1.29, 1.82) is 0 Å². The van der Waals surface area contributed by atoms with E-state index in [4.69, 9.17) is 4.18 Å². The molecule has 0 bridgehead atoms. The number of aliphatic hydroxyl groups excluding tert-OH is 1. The van der Waals surface area contributed by atoms with E-state index in [9.17, 15) is 13.5 Å². The van der Waals surface area contributed by atoms with Gasteiger partial charge < -0.3 is 5.11 Å². The third kappa shape index (κ3) is 7.90. The van der Waals surface area contributed by atoms with Crippen molar-refractivity contribution in [2.45, 2.75) is 51.0 Å². The van der Waals surface area contributed by atoms with Crippen LogP contribution in [0.1, 0.15) is 38.7 Å². The standard InChI is InChI=1S/C19H28O4S/c1-15(2)7-10-18(20)14-17(4)6-5-13-23-24(21,22)19-11-8-16(3)9-12-19/h7-12,17-18,20H,1,5-6,13-14H2,2-4H3/b10-7+. The first-order chi connectivity index (χ1) is 11.2. The Hall–Kier alpha value is -1.43. The fourth-order valence-corrected chi connectivity index (χ4v) is 3.20. The summed E-state index contributed by atoms with van der Waals surface area (Å²) in [5.41, 5.74) is 1.90. The van der Waals surface area contributed by atoms with Crippen molar-refractivity contribution in [2.75, 3.05) is 6.61 Å². The van der Waals surface area contributed by atoms with E-state index in [1.54, 1.807) is 36.4 Å². The number of hydrogen-bond donors (Lipinski definition) is 1. The first-order valence-corrected chi connectivity index (χ1v) is 9.59. The molecular formula is C19H28O4S. The molecule has 0 radical (unpaired) electrons. The Kier molecular flexibility index (Phi) is 8.39. The Morgan fingerprint density at radius 1 is 1.33 bits per heavy atom. The Morgan fingerprint density at radius 2 is 1.96 bits per heavy atom. The second kappa shape index (κ2) is 9.77. The van der Waals surface area contributed by atoms with E-state index < -0.39 is 16.2 Å².